The largest absolute Gasteiger partial charge is 0.287 e. The maximum atomic E-state index is 12.9. The molecule has 94 valence electrons. The van der Waals surface area contributed by atoms with Gasteiger partial charge in [0.1, 0.15) is 0 Å². The molecule has 1 rings (SSSR count). The lowest BCUT2D eigenvalue weighted by atomic mass is 10.1. The van der Waals surface area contributed by atoms with E-state index >= 15 is 0 Å². The van der Waals surface area contributed by atoms with Crippen LogP contribution in [0, 0.1) is 29.1 Å². The first kappa shape index (κ1) is 13.6. The highest BCUT2D eigenvalue weighted by molar-refractivity contribution is 7.88. The predicted octanol–water partition coefficient (Wildman–Crippen LogP) is 2.24. The van der Waals surface area contributed by atoms with Crippen molar-refractivity contribution in [3.8, 4) is 0 Å². The Labute approximate surface area is 91.9 Å². The zero-order chi connectivity index (χ0) is 13.4. The number of halogens is 5. The van der Waals surface area contributed by atoms with Crippen LogP contribution in [-0.2, 0) is 10.1 Å². The summed E-state index contributed by atoms with van der Waals surface area (Å²) in [6, 6.07) is 0. The highest BCUT2D eigenvalue weighted by Crippen LogP contribution is 2.24. The highest BCUT2D eigenvalue weighted by atomic mass is 32.2. The first-order valence-electron chi connectivity index (χ1n) is 3.82. The van der Waals surface area contributed by atoms with Crippen LogP contribution in [-0.4, -0.2) is 13.0 Å². The van der Waals surface area contributed by atoms with Crippen LogP contribution in [0.3, 0.4) is 0 Å². The lowest BCUT2D eigenvalue weighted by Crippen LogP contribution is -2.04. The summed E-state index contributed by atoms with van der Waals surface area (Å²) in [6.07, 6.45) is 0.0611. The molecule has 0 saturated heterocycles. The van der Waals surface area contributed by atoms with Crippen LogP contribution in [0.25, 0.3) is 6.08 Å². The van der Waals surface area contributed by atoms with E-state index in [-0.39, 0.29) is 11.5 Å². The Kier molecular flexibility index (Phi) is 3.53. The van der Waals surface area contributed by atoms with Gasteiger partial charge in [-0.05, 0) is 6.08 Å². The van der Waals surface area contributed by atoms with Crippen LogP contribution in [0.15, 0.2) is 5.41 Å². The van der Waals surface area contributed by atoms with Crippen molar-refractivity contribution in [1.29, 1.82) is 0 Å². The van der Waals surface area contributed by atoms with Gasteiger partial charge in [0.15, 0.2) is 23.3 Å². The molecule has 0 aliphatic carbocycles. The van der Waals surface area contributed by atoms with Crippen molar-refractivity contribution in [2.24, 2.45) is 0 Å². The van der Waals surface area contributed by atoms with E-state index in [0.717, 1.165) is 0 Å². The molecule has 0 spiro atoms. The van der Waals surface area contributed by atoms with Gasteiger partial charge in [-0.15, -0.1) is 0 Å². The van der Waals surface area contributed by atoms with E-state index in [0.29, 0.717) is 0 Å². The first-order chi connectivity index (χ1) is 7.65. The smallest absolute Gasteiger partial charge is 0.282 e. The van der Waals surface area contributed by atoms with Gasteiger partial charge in [0, 0.05) is 0 Å². The van der Waals surface area contributed by atoms with E-state index < -0.39 is 44.8 Å². The summed E-state index contributed by atoms with van der Waals surface area (Å²) in [4.78, 5) is 0. The van der Waals surface area contributed by atoms with Crippen LogP contribution < -0.4 is 0 Å². The average Bonchev–Trinajstić information content (AvgIpc) is 2.22. The molecule has 0 aromatic heterocycles. The summed E-state index contributed by atoms with van der Waals surface area (Å²) in [5, 5.41) is -0.106. The second-order valence-electron chi connectivity index (χ2n) is 2.80. The minimum absolute atomic E-state index is 0.0611. The first-order valence-corrected chi connectivity index (χ1v) is 5.32. The standard InChI is InChI=1S/C8H3F5O3S/c9-4-3(1-2-17(14,15)16)5(10)7(12)8(13)6(4)11/h1-2H,(H,14,15,16)/b2-1+. The summed E-state index contributed by atoms with van der Waals surface area (Å²) < 4.78 is 92.3. The molecule has 0 bridgehead atoms. The van der Waals surface area contributed by atoms with Crippen LogP contribution >= 0.6 is 0 Å². The fourth-order valence-corrected chi connectivity index (χ4v) is 1.23. The third-order valence-electron chi connectivity index (χ3n) is 1.65. The van der Waals surface area contributed by atoms with Gasteiger partial charge in [0.2, 0.25) is 5.82 Å². The molecule has 0 saturated carbocycles. The molecular weight excluding hydrogens is 271 g/mol. The normalized spacial score (nSPS) is 12.4. The fourth-order valence-electron chi connectivity index (χ4n) is 0.922. The molecule has 1 aromatic carbocycles. The van der Waals surface area contributed by atoms with Gasteiger partial charge in [-0.2, -0.15) is 8.42 Å². The maximum absolute atomic E-state index is 12.9. The molecule has 0 aliphatic heterocycles. The summed E-state index contributed by atoms with van der Waals surface area (Å²) in [6.45, 7) is 0. The SMILES string of the molecule is O=S(=O)(O)/C=C/c1c(F)c(F)c(F)c(F)c1F. The number of hydrogen-bond acceptors (Lipinski definition) is 2. The monoisotopic (exact) mass is 274 g/mol. The van der Waals surface area contributed by atoms with Crippen LogP contribution in [0.1, 0.15) is 5.56 Å². The van der Waals surface area contributed by atoms with Crippen LogP contribution in [0.4, 0.5) is 22.0 Å². The number of rotatable bonds is 2. The van der Waals surface area contributed by atoms with Gasteiger partial charge in [0.25, 0.3) is 10.1 Å². The quantitative estimate of drug-likeness (QED) is 0.389. The number of hydrogen-bond donors (Lipinski definition) is 1. The van der Waals surface area contributed by atoms with Gasteiger partial charge < -0.3 is 0 Å². The van der Waals surface area contributed by atoms with E-state index in [1.807, 2.05) is 0 Å². The number of benzene rings is 1. The molecule has 1 aromatic rings. The van der Waals surface area contributed by atoms with Crippen molar-refractivity contribution < 1.29 is 34.9 Å². The molecule has 0 fully saturated rings. The summed E-state index contributed by atoms with van der Waals surface area (Å²) in [7, 11) is -4.74. The van der Waals surface area contributed by atoms with E-state index in [1.165, 1.54) is 0 Å². The lowest BCUT2D eigenvalue weighted by Gasteiger charge is -2.03. The van der Waals surface area contributed by atoms with Crippen molar-refractivity contribution in [2.75, 3.05) is 0 Å². The Hall–Kier alpha value is -1.48. The zero-order valence-corrected chi connectivity index (χ0v) is 8.53. The Balaban J connectivity index is 3.51. The molecule has 0 aliphatic rings. The average molecular weight is 274 g/mol. The second-order valence-corrected chi connectivity index (χ2v) is 4.10. The molecular formula is C8H3F5O3S. The van der Waals surface area contributed by atoms with Gasteiger partial charge in [-0.3, -0.25) is 4.55 Å². The molecule has 0 amide bonds. The maximum Gasteiger partial charge on any atom is 0.287 e. The topological polar surface area (TPSA) is 54.4 Å². The lowest BCUT2D eigenvalue weighted by molar-refractivity contribution is 0.377. The molecule has 0 atom stereocenters. The summed E-state index contributed by atoms with van der Waals surface area (Å²) in [5.74, 6) is -11.2. The van der Waals surface area contributed by atoms with Crippen molar-refractivity contribution >= 4 is 16.2 Å². The molecule has 0 heterocycles. The minimum atomic E-state index is -4.74. The fraction of sp³-hybridized carbons (Fsp3) is 0. The molecule has 0 unspecified atom stereocenters. The minimum Gasteiger partial charge on any atom is -0.282 e. The zero-order valence-electron chi connectivity index (χ0n) is 7.72. The van der Waals surface area contributed by atoms with Gasteiger partial charge >= 0.3 is 0 Å². The third kappa shape index (κ3) is 2.80. The van der Waals surface area contributed by atoms with Gasteiger partial charge in [-0.25, -0.2) is 22.0 Å². The Bertz CT molecular complexity index is 565. The molecule has 3 nitrogen and oxygen atoms in total. The summed E-state index contributed by atoms with van der Waals surface area (Å²) >= 11 is 0. The van der Waals surface area contributed by atoms with Crippen LogP contribution in [0.2, 0.25) is 0 Å². The predicted molar refractivity (Wildman–Crippen MR) is 46.8 cm³/mol. The molecule has 1 N–H and O–H groups in total. The van der Waals surface area contributed by atoms with Crippen molar-refractivity contribution in [1.82, 2.24) is 0 Å². The Morgan fingerprint density at radius 2 is 1.18 bits per heavy atom. The molecule has 0 radical (unpaired) electrons. The molecule has 17 heavy (non-hydrogen) atoms. The Morgan fingerprint density at radius 3 is 1.53 bits per heavy atom. The van der Waals surface area contributed by atoms with E-state index in [4.69, 9.17) is 4.55 Å². The van der Waals surface area contributed by atoms with Crippen molar-refractivity contribution in [3.63, 3.8) is 0 Å². The van der Waals surface area contributed by atoms with Gasteiger partial charge in [0.05, 0.1) is 11.0 Å². The van der Waals surface area contributed by atoms with Crippen molar-refractivity contribution in [3.05, 3.63) is 40.1 Å². The van der Waals surface area contributed by atoms with Crippen molar-refractivity contribution in [2.45, 2.75) is 0 Å². The van der Waals surface area contributed by atoms with E-state index in [1.54, 1.807) is 0 Å². The summed E-state index contributed by atoms with van der Waals surface area (Å²) in [5.41, 5.74) is -1.46. The highest BCUT2D eigenvalue weighted by Gasteiger charge is 2.24. The van der Waals surface area contributed by atoms with Gasteiger partial charge in [-0.1, -0.05) is 0 Å². The Morgan fingerprint density at radius 1 is 0.824 bits per heavy atom. The molecule has 9 heteroatoms. The van der Waals surface area contributed by atoms with Crippen LogP contribution in [0.5, 0.6) is 0 Å². The third-order valence-corrected chi connectivity index (χ3v) is 2.13. The second kappa shape index (κ2) is 4.41. The van der Waals surface area contributed by atoms with E-state index in [9.17, 15) is 30.4 Å². The van der Waals surface area contributed by atoms with E-state index in [2.05, 4.69) is 0 Å².